The molecule has 1 aliphatic heterocycles. The molecule has 1 N–H and O–H groups in total. The summed E-state index contributed by atoms with van der Waals surface area (Å²) in [7, 11) is -1.82. The lowest BCUT2D eigenvalue weighted by Gasteiger charge is -2.31. The summed E-state index contributed by atoms with van der Waals surface area (Å²) in [6.07, 6.45) is 0. The van der Waals surface area contributed by atoms with E-state index in [0.717, 1.165) is 11.3 Å². The molecule has 0 aromatic heterocycles. The van der Waals surface area contributed by atoms with E-state index >= 15 is 0 Å². The Labute approximate surface area is 102 Å². The van der Waals surface area contributed by atoms with Crippen LogP contribution in [0.3, 0.4) is 0 Å². The Kier molecular flexibility index (Phi) is 3.01. The number of fused-ring (bicyclic) bond motifs is 1. The van der Waals surface area contributed by atoms with Crippen LogP contribution in [0.1, 0.15) is 19.4 Å². The standard InChI is InChI=1S/C11H16N2O3S/c1-8(2)13-7-9-6-10(16-3)4-5-11(9)12-17(13,14)15/h4-6,8,12H,7H2,1-3H3. The minimum atomic E-state index is -3.41. The lowest BCUT2D eigenvalue weighted by Crippen LogP contribution is -2.43. The average molecular weight is 256 g/mol. The Morgan fingerprint density at radius 2 is 2.12 bits per heavy atom. The van der Waals surface area contributed by atoms with E-state index in [4.69, 9.17) is 4.74 Å². The molecule has 0 saturated heterocycles. The van der Waals surface area contributed by atoms with Gasteiger partial charge in [-0.3, -0.25) is 4.72 Å². The van der Waals surface area contributed by atoms with Crippen molar-refractivity contribution in [3.63, 3.8) is 0 Å². The molecular formula is C11H16N2O3S. The summed E-state index contributed by atoms with van der Waals surface area (Å²) in [6, 6.07) is 5.24. The van der Waals surface area contributed by atoms with Crippen molar-refractivity contribution in [2.75, 3.05) is 11.8 Å². The van der Waals surface area contributed by atoms with Crippen LogP contribution >= 0.6 is 0 Å². The van der Waals surface area contributed by atoms with Crippen molar-refractivity contribution in [2.45, 2.75) is 26.4 Å². The number of hydrogen-bond acceptors (Lipinski definition) is 3. The Hall–Kier alpha value is -1.27. The molecule has 0 aliphatic carbocycles. The molecule has 0 atom stereocenters. The Morgan fingerprint density at radius 1 is 1.41 bits per heavy atom. The van der Waals surface area contributed by atoms with E-state index in [-0.39, 0.29) is 6.04 Å². The van der Waals surface area contributed by atoms with Gasteiger partial charge in [0.2, 0.25) is 0 Å². The van der Waals surface area contributed by atoms with Crippen LogP contribution in [0.25, 0.3) is 0 Å². The highest BCUT2D eigenvalue weighted by atomic mass is 32.2. The molecule has 0 amide bonds. The minimum Gasteiger partial charge on any atom is -0.497 e. The van der Waals surface area contributed by atoms with Crippen molar-refractivity contribution in [1.29, 1.82) is 0 Å². The lowest BCUT2D eigenvalue weighted by atomic mass is 10.1. The fraction of sp³-hybridized carbons (Fsp3) is 0.455. The molecule has 0 fully saturated rings. The molecule has 94 valence electrons. The normalized spacial score (nSPS) is 18.6. The maximum Gasteiger partial charge on any atom is 0.302 e. The van der Waals surface area contributed by atoms with Gasteiger partial charge in [-0.2, -0.15) is 12.7 Å². The van der Waals surface area contributed by atoms with Crippen molar-refractivity contribution in [1.82, 2.24) is 4.31 Å². The van der Waals surface area contributed by atoms with Crippen molar-refractivity contribution < 1.29 is 13.2 Å². The number of rotatable bonds is 2. The first kappa shape index (κ1) is 12.2. The number of nitrogens with zero attached hydrogens (tertiary/aromatic N) is 1. The molecular weight excluding hydrogens is 240 g/mol. The first-order chi connectivity index (χ1) is 7.94. The van der Waals surface area contributed by atoms with Gasteiger partial charge in [0.1, 0.15) is 5.75 Å². The largest absolute Gasteiger partial charge is 0.497 e. The number of hydrogen-bond donors (Lipinski definition) is 1. The summed E-state index contributed by atoms with van der Waals surface area (Å²) in [6.45, 7) is 4.08. The van der Waals surface area contributed by atoms with Crippen molar-refractivity contribution >= 4 is 15.9 Å². The van der Waals surface area contributed by atoms with E-state index in [9.17, 15) is 8.42 Å². The summed E-state index contributed by atoms with van der Waals surface area (Å²) >= 11 is 0. The van der Waals surface area contributed by atoms with E-state index in [0.29, 0.717) is 12.2 Å². The van der Waals surface area contributed by atoms with E-state index < -0.39 is 10.2 Å². The number of ether oxygens (including phenoxy) is 1. The molecule has 1 aromatic carbocycles. The van der Waals surface area contributed by atoms with Gasteiger partial charge in [0.15, 0.2) is 0 Å². The van der Waals surface area contributed by atoms with Crippen LogP contribution in [0.5, 0.6) is 5.75 Å². The Bertz CT molecular complexity index is 526. The fourth-order valence-electron chi connectivity index (χ4n) is 1.84. The smallest absolute Gasteiger partial charge is 0.302 e. The SMILES string of the molecule is COc1ccc2c(c1)CN(C(C)C)S(=O)(=O)N2. The van der Waals surface area contributed by atoms with E-state index in [1.54, 1.807) is 19.2 Å². The first-order valence-corrected chi connectivity index (χ1v) is 6.84. The molecule has 0 radical (unpaired) electrons. The topological polar surface area (TPSA) is 58.6 Å². The van der Waals surface area contributed by atoms with Crippen molar-refractivity contribution in [3.05, 3.63) is 23.8 Å². The number of anilines is 1. The zero-order chi connectivity index (χ0) is 12.6. The predicted octanol–water partition coefficient (Wildman–Crippen LogP) is 1.58. The molecule has 6 heteroatoms. The van der Waals surface area contributed by atoms with Crippen LogP contribution in [0.2, 0.25) is 0 Å². The second-order valence-corrected chi connectivity index (χ2v) is 5.89. The Balaban J connectivity index is 2.43. The molecule has 1 aliphatic rings. The van der Waals surface area contributed by atoms with Gasteiger partial charge in [0.05, 0.1) is 12.8 Å². The van der Waals surface area contributed by atoms with Gasteiger partial charge in [-0.25, -0.2) is 0 Å². The van der Waals surface area contributed by atoms with Gasteiger partial charge in [0.25, 0.3) is 0 Å². The van der Waals surface area contributed by atoms with Crippen LogP contribution in [0.4, 0.5) is 5.69 Å². The highest BCUT2D eigenvalue weighted by molar-refractivity contribution is 7.90. The van der Waals surface area contributed by atoms with E-state index in [2.05, 4.69) is 4.72 Å². The zero-order valence-electron chi connectivity index (χ0n) is 10.1. The van der Waals surface area contributed by atoms with Crippen LogP contribution in [-0.2, 0) is 16.8 Å². The van der Waals surface area contributed by atoms with Crippen molar-refractivity contribution in [2.24, 2.45) is 0 Å². The second kappa shape index (κ2) is 4.19. The van der Waals surface area contributed by atoms with E-state index in [1.807, 2.05) is 19.9 Å². The minimum absolute atomic E-state index is 0.0770. The van der Waals surface area contributed by atoms with Gasteiger partial charge in [-0.05, 0) is 37.6 Å². The van der Waals surface area contributed by atoms with Crippen LogP contribution in [0, 0.1) is 0 Å². The molecule has 1 heterocycles. The predicted molar refractivity (Wildman–Crippen MR) is 66.2 cm³/mol. The summed E-state index contributed by atoms with van der Waals surface area (Å²) in [4.78, 5) is 0. The molecule has 0 saturated carbocycles. The monoisotopic (exact) mass is 256 g/mol. The summed E-state index contributed by atoms with van der Waals surface area (Å²) in [5.74, 6) is 0.730. The zero-order valence-corrected chi connectivity index (χ0v) is 10.9. The van der Waals surface area contributed by atoms with Gasteiger partial charge in [-0.15, -0.1) is 0 Å². The van der Waals surface area contributed by atoms with Gasteiger partial charge < -0.3 is 4.74 Å². The third-order valence-corrected chi connectivity index (χ3v) is 4.41. The first-order valence-electron chi connectivity index (χ1n) is 5.40. The van der Waals surface area contributed by atoms with Crippen molar-refractivity contribution in [3.8, 4) is 5.75 Å². The highest BCUT2D eigenvalue weighted by Gasteiger charge is 2.30. The third kappa shape index (κ3) is 2.23. The number of nitrogens with one attached hydrogen (secondary N) is 1. The van der Waals surface area contributed by atoms with Gasteiger partial charge in [0, 0.05) is 12.6 Å². The van der Waals surface area contributed by atoms with Gasteiger partial charge in [-0.1, -0.05) is 0 Å². The molecule has 2 rings (SSSR count). The van der Waals surface area contributed by atoms with Crippen LogP contribution < -0.4 is 9.46 Å². The second-order valence-electron chi connectivity index (χ2n) is 4.27. The van der Waals surface area contributed by atoms with Crippen LogP contribution in [0.15, 0.2) is 18.2 Å². The molecule has 0 unspecified atom stereocenters. The summed E-state index contributed by atoms with van der Waals surface area (Å²) in [5.41, 5.74) is 1.55. The van der Waals surface area contributed by atoms with Crippen LogP contribution in [-0.4, -0.2) is 25.9 Å². The Morgan fingerprint density at radius 3 is 2.71 bits per heavy atom. The molecule has 0 spiro atoms. The molecule has 17 heavy (non-hydrogen) atoms. The average Bonchev–Trinajstić information content (AvgIpc) is 2.26. The summed E-state index contributed by atoms with van der Waals surface area (Å²) in [5, 5.41) is 0. The maximum absolute atomic E-state index is 11.9. The molecule has 1 aromatic rings. The maximum atomic E-state index is 11.9. The molecule has 0 bridgehead atoms. The fourth-order valence-corrected chi connectivity index (χ4v) is 3.30. The number of benzene rings is 1. The van der Waals surface area contributed by atoms with E-state index in [1.165, 1.54) is 4.31 Å². The highest BCUT2D eigenvalue weighted by Crippen LogP contribution is 2.30. The lowest BCUT2D eigenvalue weighted by molar-refractivity contribution is 0.346. The summed E-state index contributed by atoms with van der Waals surface area (Å²) < 4.78 is 33.0. The number of methoxy groups -OCH3 is 1. The quantitative estimate of drug-likeness (QED) is 0.874. The van der Waals surface area contributed by atoms with Gasteiger partial charge >= 0.3 is 10.2 Å². The third-order valence-electron chi connectivity index (χ3n) is 2.76. The molecule has 5 nitrogen and oxygen atoms in total.